The average Bonchev–Trinajstić information content (AvgIpc) is 3.14. The molecule has 0 aliphatic heterocycles. The Morgan fingerprint density at radius 1 is 0.897 bits per heavy atom. The van der Waals surface area contributed by atoms with Gasteiger partial charge in [-0.05, 0) is 36.4 Å². The van der Waals surface area contributed by atoms with Gasteiger partial charge in [0.05, 0.1) is 20.6 Å². The quantitative estimate of drug-likeness (QED) is 0.547. The van der Waals surface area contributed by atoms with Gasteiger partial charge in [0.25, 0.3) is 0 Å². The van der Waals surface area contributed by atoms with Gasteiger partial charge in [-0.25, -0.2) is 4.79 Å². The molecule has 0 fully saturated rings. The summed E-state index contributed by atoms with van der Waals surface area (Å²) in [5.41, 5.74) is 1.22. The maximum absolute atomic E-state index is 12.2. The Bertz CT molecular complexity index is 990. The zero-order valence-corrected chi connectivity index (χ0v) is 16.6. The zero-order valence-electron chi connectivity index (χ0n) is 15.8. The minimum absolute atomic E-state index is 0.0445. The molecular formula is C19H19N5O4S. The lowest BCUT2D eigenvalue weighted by molar-refractivity contribution is -0.115. The molecule has 3 amide bonds. The van der Waals surface area contributed by atoms with Crippen molar-refractivity contribution < 1.29 is 19.1 Å². The maximum Gasteiger partial charge on any atom is 0.325 e. The van der Waals surface area contributed by atoms with Crippen LogP contribution in [-0.2, 0) is 11.2 Å². The summed E-state index contributed by atoms with van der Waals surface area (Å²) in [6.07, 6.45) is 0.0445. The third kappa shape index (κ3) is 5.91. The number of methoxy groups -OCH3 is 2. The highest BCUT2D eigenvalue weighted by Gasteiger charge is 2.12. The molecule has 1 heterocycles. The summed E-state index contributed by atoms with van der Waals surface area (Å²) in [6.45, 7) is 0. The molecule has 3 N–H and O–H groups in total. The fraction of sp³-hybridized carbons (Fsp3) is 0.158. The molecule has 2 aromatic carbocycles. The second-order valence-corrected chi connectivity index (χ2v) is 6.83. The van der Waals surface area contributed by atoms with Crippen LogP contribution in [0.1, 0.15) is 5.01 Å². The van der Waals surface area contributed by atoms with Gasteiger partial charge in [-0.3, -0.25) is 10.1 Å². The highest BCUT2D eigenvalue weighted by molar-refractivity contribution is 7.15. The predicted molar refractivity (Wildman–Crippen MR) is 111 cm³/mol. The number of rotatable bonds is 7. The van der Waals surface area contributed by atoms with Crippen LogP contribution in [0, 0.1) is 0 Å². The molecule has 150 valence electrons. The van der Waals surface area contributed by atoms with Crippen LogP contribution in [-0.4, -0.2) is 36.4 Å². The Morgan fingerprint density at radius 3 is 2.38 bits per heavy atom. The Hall–Kier alpha value is -3.66. The minimum atomic E-state index is -0.469. The molecule has 0 unspecified atom stereocenters. The maximum atomic E-state index is 12.2. The summed E-state index contributed by atoms with van der Waals surface area (Å²) in [5.74, 6) is 1.10. The number of ether oxygens (including phenoxy) is 2. The normalized spacial score (nSPS) is 10.1. The van der Waals surface area contributed by atoms with Crippen LogP contribution < -0.4 is 25.4 Å². The molecule has 3 aromatic rings. The second kappa shape index (κ2) is 9.51. The number of anilines is 3. The van der Waals surface area contributed by atoms with Gasteiger partial charge in [-0.15, -0.1) is 10.2 Å². The van der Waals surface area contributed by atoms with Gasteiger partial charge in [0, 0.05) is 17.4 Å². The lowest BCUT2D eigenvalue weighted by Crippen LogP contribution is -2.19. The van der Waals surface area contributed by atoms with Gasteiger partial charge in [0.1, 0.15) is 16.5 Å². The molecule has 0 bridgehead atoms. The van der Waals surface area contributed by atoms with Crippen molar-refractivity contribution in [1.82, 2.24) is 10.2 Å². The van der Waals surface area contributed by atoms with Crippen LogP contribution in [0.2, 0.25) is 0 Å². The average molecular weight is 413 g/mol. The second-order valence-electron chi connectivity index (χ2n) is 5.77. The van der Waals surface area contributed by atoms with Crippen LogP contribution in [0.15, 0.2) is 48.5 Å². The lowest BCUT2D eigenvalue weighted by Gasteiger charge is -2.06. The van der Waals surface area contributed by atoms with E-state index in [0.29, 0.717) is 27.9 Å². The summed E-state index contributed by atoms with van der Waals surface area (Å²) in [7, 11) is 3.12. The topological polar surface area (TPSA) is 114 Å². The van der Waals surface area contributed by atoms with E-state index in [4.69, 9.17) is 9.47 Å². The number of amides is 3. The van der Waals surface area contributed by atoms with Gasteiger partial charge in [-0.1, -0.05) is 17.4 Å². The summed E-state index contributed by atoms with van der Waals surface area (Å²) in [6, 6.07) is 13.5. The van der Waals surface area contributed by atoms with E-state index >= 15 is 0 Å². The zero-order chi connectivity index (χ0) is 20.6. The van der Waals surface area contributed by atoms with E-state index in [1.807, 2.05) is 0 Å². The van der Waals surface area contributed by atoms with E-state index in [9.17, 15) is 9.59 Å². The SMILES string of the molecule is COc1ccc(NC(=O)Cc2nnc(NC(=O)Nc3cccc(OC)c3)s2)cc1. The van der Waals surface area contributed by atoms with E-state index < -0.39 is 6.03 Å². The molecule has 10 heteroatoms. The Balaban J connectivity index is 1.51. The van der Waals surface area contributed by atoms with Gasteiger partial charge < -0.3 is 20.1 Å². The van der Waals surface area contributed by atoms with E-state index in [0.717, 1.165) is 11.3 Å². The minimum Gasteiger partial charge on any atom is -0.497 e. The molecule has 9 nitrogen and oxygen atoms in total. The van der Waals surface area contributed by atoms with Crippen LogP contribution in [0.25, 0.3) is 0 Å². The first-order valence-electron chi connectivity index (χ1n) is 8.54. The number of hydrogen-bond acceptors (Lipinski definition) is 7. The van der Waals surface area contributed by atoms with Crippen molar-refractivity contribution in [2.24, 2.45) is 0 Å². The third-order valence-corrected chi connectivity index (χ3v) is 4.54. The monoisotopic (exact) mass is 413 g/mol. The highest BCUT2D eigenvalue weighted by Crippen LogP contribution is 2.20. The molecule has 0 atom stereocenters. The molecule has 1 aromatic heterocycles. The largest absolute Gasteiger partial charge is 0.497 e. The van der Waals surface area contributed by atoms with Gasteiger partial charge >= 0.3 is 6.03 Å². The van der Waals surface area contributed by atoms with E-state index in [2.05, 4.69) is 26.1 Å². The Kier molecular flexibility index (Phi) is 6.59. The number of carbonyl (C=O) groups excluding carboxylic acids is 2. The molecule has 0 spiro atoms. The number of nitrogens with one attached hydrogen (secondary N) is 3. The van der Waals surface area contributed by atoms with Crippen molar-refractivity contribution in [3.05, 3.63) is 53.5 Å². The smallest absolute Gasteiger partial charge is 0.325 e. The van der Waals surface area contributed by atoms with Crippen LogP contribution in [0.3, 0.4) is 0 Å². The summed E-state index contributed by atoms with van der Waals surface area (Å²) in [5, 5.41) is 16.6. The van der Waals surface area contributed by atoms with Crippen LogP contribution in [0.5, 0.6) is 11.5 Å². The van der Waals surface area contributed by atoms with Crippen LogP contribution in [0.4, 0.5) is 21.3 Å². The van der Waals surface area contributed by atoms with Crippen molar-refractivity contribution in [3.63, 3.8) is 0 Å². The van der Waals surface area contributed by atoms with Gasteiger partial charge in [0.15, 0.2) is 0 Å². The van der Waals surface area contributed by atoms with Crippen molar-refractivity contribution in [2.45, 2.75) is 6.42 Å². The first-order valence-corrected chi connectivity index (χ1v) is 9.35. The van der Waals surface area contributed by atoms with E-state index in [1.54, 1.807) is 62.8 Å². The predicted octanol–water partition coefficient (Wildman–Crippen LogP) is 3.38. The molecular weight excluding hydrogens is 394 g/mol. The molecule has 3 rings (SSSR count). The number of hydrogen-bond donors (Lipinski definition) is 3. The summed E-state index contributed by atoms with van der Waals surface area (Å²) >= 11 is 1.12. The van der Waals surface area contributed by atoms with Gasteiger partial charge in [-0.2, -0.15) is 0 Å². The molecule has 29 heavy (non-hydrogen) atoms. The van der Waals surface area contributed by atoms with E-state index in [-0.39, 0.29) is 17.5 Å². The number of carbonyl (C=O) groups is 2. The standard InChI is InChI=1S/C19H19N5O4S/c1-27-14-8-6-12(7-9-14)20-16(25)11-17-23-24-19(29-17)22-18(26)21-13-4-3-5-15(10-13)28-2/h3-10H,11H2,1-2H3,(H,20,25)(H2,21,22,24,26). The fourth-order valence-corrected chi connectivity index (χ4v) is 3.09. The van der Waals surface area contributed by atoms with Crippen molar-refractivity contribution in [1.29, 1.82) is 0 Å². The first-order chi connectivity index (χ1) is 14.1. The third-order valence-electron chi connectivity index (χ3n) is 3.70. The highest BCUT2D eigenvalue weighted by atomic mass is 32.1. The Labute approximate surface area is 171 Å². The van der Waals surface area contributed by atoms with E-state index in [1.165, 1.54) is 0 Å². The number of aromatic nitrogens is 2. The molecule has 0 radical (unpaired) electrons. The Morgan fingerprint density at radius 2 is 1.66 bits per heavy atom. The first kappa shape index (κ1) is 20.1. The fourth-order valence-electron chi connectivity index (χ4n) is 2.35. The molecule has 0 aliphatic carbocycles. The van der Waals surface area contributed by atoms with Crippen molar-refractivity contribution in [2.75, 3.05) is 30.2 Å². The summed E-state index contributed by atoms with van der Waals surface area (Å²) < 4.78 is 10.2. The molecule has 0 aliphatic rings. The number of urea groups is 1. The lowest BCUT2D eigenvalue weighted by atomic mass is 10.3. The van der Waals surface area contributed by atoms with Crippen LogP contribution >= 0.6 is 11.3 Å². The van der Waals surface area contributed by atoms with Crippen molar-refractivity contribution >= 4 is 39.8 Å². The van der Waals surface area contributed by atoms with Gasteiger partial charge in [0.2, 0.25) is 11.0 Å². The van der Waals surface area contributed by atoms with Crippen molar-refractivity contribution in [3.8, 4) is 11.5 Å². The number of nitrogens with zero attached hydrogens (tertiary/aromatic N) is 2. The molecule has 0 saturated heterocycles. The summed E-state index contributed by atoms with van der Waals surface area (Å²) in [4.78, 5) is 24.2. The number of benzene rings is 2. The molecule has 0 saturated carbocycles.